The van der Waals surface area contributed by atoms with Crippen LogP contribution in [0.1, 0.15) is 52.7 Å². The van der Waals surface area contributed by atoms with Gasteiger partial charge in [0.25, 0.3) is 0 Å². The fourth-order valence-electron chi connectivity index (χ4n) is 3.37. The third kappa shape index (κ3) is 4.47. The second-order valence-electron chi connectivity index (χ2n) is 6.94. The van der Waals surface area contributed by atoms with Gasteiger partial charge in [-0.3, -0.25) is 0 Å². The monoisotopic (exact) mass is 404 g/mol. The van der Waals surface area contributed by atoms with E-state index in [0.717, 1.165) is 0 Å². The molecule has 0 aromatic heterocycles. The summed E-state index contributed by atoms with van der Waals surface area (Å²) in [5.74, 6) is 1.56. The lowest BCUT2D eigenvalue weighted by atomic mass is 9.76. The van der Waals surface area contributed by atoms with Crippen molar-refractivity contribution >= 4 is 0 Å². The molecule has 0 aliphatic rings. The zero-order valence-corrected chi connectivity index (χ0v) is 18.2. The van der Waals surface area contributed by atoms with Crippen LogP contribution in [0.25, 0.3) is 0 Å². The third-order valence-corrected chi connectivity index (χ3v) is 4.71. The Morgan fingerprint density at radius 2 is 0.966 bits per heavy atom. The van der Waals surface area contributed by atoms with Gasteiger partial charge in [-0.1, -0.05) is 26.0 Å². The largest absolute Gasteiger partial charge is 0.504 e. The SMILES string of the molecule is CCOc1ccc(C(C)(C)c2ccc(OCC)c(OCC)c2O)c(O)c1OCC. The van der Waals surface area contributed by atoms with Gasteiger partial charge in [-0.15, -0.1) is 0 Å². The number of hydrogen-bond acceptors (Lipinski definition) is 6. The molecule has 0 fully saturated rings. The highest BCUT2D eigenvalue weighted by Crippen LogP contribution is 2.50. The topological polar surface area (TPSA) is 77.4 Å². The number of benzene rings is 2. The molecule has 6 heteroatoms. The molecule has 0 radical (unpaired) electrons. The first-order valence-electron chi connectivity index (χ1n) is 10.1. The second-order valence-corrected chi connectivity index (χ2v) is 6.94. The minimum atomic E-state index is -0.749. The van der Waals surface area contributed by atoms with Gasteiger partial charge >= 0.3 is 0 Å². The zero-order valence-electron chi connectivity index (χ0n) is 18.2. The minimum absolute atomic E-state index is 0.00551. The van der Waals surface area contributed by atoms with Crippen molar-refractivity contribution in [1.82, 2.24) is 0 Å². The molecule has 0 spiro atoms. The van der Waals surface area contributed by atoms with Gasteiger partial charge < -0.3 is 29.2 Å². The molecule has 2 N–H and O–H groups in total. The van der Waals surface area contributed by atoms with Crippen molar-refractivity contribution in [2.24, 2.45) is 0 Å². The standard InChI is InChI=1S/C23H32O6/c1-7-26-17-13-11-15(19(24)21(17)28-9-3)23(5,6)16-12-14-18(27-8-2)22(20(16)25)29-10-4/h11-14,24-25H,7-10H2,1-6H3. The van der Waals surface area contributed by atoms with Gasteiger partial charge in [-0.05, 0) is 39.8 Å². The van der Waals surface area contributed by atoms with Gasteiger partial charge in [0.05, 0.1) is 26.4 Å². The van der Waals surface area contributed by atoms with Crippen LogP contribution in [0, 0.1) is 0 Å². The fraction of sp³-hybridized carbons (Fsp3) is 0.478. The van der Waals surface area contributed by atoms with E-state index >= 15 is 0 Å². The maximum absolute atomic E-state index is 11.0. The quantitative estimate of drug-likeness (QED) is 0.579. The van der Waals surface area contributed by atoms with Crippen molar-refractivity contribution in [3.63, 3.8) is 0 Å². The van der Waals surface area contributed by atoms with Gasteiger partial charge in [0.1, 0.15) is 0 Å². The molecular formula is C23H32O6. The lowest BCUT2D eigenvalue weighted by Crippen LogP contribution is -2.20. The lowest BCUT2D eigenvalue weighted by Gasteiger charge is -2.30. The summed E-state index contributed by atoms with van der Waals surface area (Å²) >= 11 is 0. The highest BCUT2D eigenvalue weighted by molar-refractivity contribution is 5.63. The number of phenolic OH excluding ortho intramolecular Hbond substituents is 2. The summed E-state index contributed by atoms with van der Waals surface area (Å²) < 4.78 is 22.5. The van der Waals surface area contributed by atoms with Crippen molar-refractivity contribution in [3.05, 3.63) is 35.4 Å². The van der Waals surface area contributed by atoms with E-state index in [9.17, 15) is 10.2 Å². The van der Waals surface area contributed by atoms with Gasteiger partial charge in [-0.25, -0.2) is 0 Å². The van der Waals surface area contributed by atoms with Crippen molar-refractivity contribution in [2.45, 2.75) is 47.0 Å². The van der Waals surface area contributed by atoms with Crippen LogP contribution in [0.2, 0.25) is 0 Å². The number of aromatic hydroxyl groups is 2. The first-order chi connectivity index (χ1) is 13.8. The van der Waals surface area contributed by atoms with E-state index in [1.54, 1.807) is 24.3 Å². The van der Waals surface area contributed by atoms with E-state index in [4.69, 9.17) is 18.9 Å². The Labute approximate surface area is 173 Å². The molecular weight excluding hydrogens is 372 g/mol. The molecule has 0 atom stereocenters. The number of hydrogen-bond donors (Lipinski definition) is 2. The first kappa shape index (κ1) is 22.5. The maximum atomic E-state index is 11.0. The van der Waals surface area contributed by atoms with Crippen molar-refractivity contribution in [2.75, 3.05) is 26.4 Å². The predicted molar refractivity (Wildman–Crippen MR) is 113 cm³/mol. The Hall–Kier alpha value is -2.76. The van der Waals surface area contributed by atoms with Gasteiger partial charge in [0.15, 0.2) is 23.0 Å². The van der Waals surface area contributed by atoms with E-state index in [2.05, 4.69) is 0 Å². The van der Waals surface area contributed by atoms with Gasteiger partial charge in [0.2, 0.25) is 11.5 Å². The van der Waals surface area contributed by atoms with E-state index in [0.29, 0.717) is 60.6 Å². The summed E-state index contributed by atoms with van der Waals surface area (Å²) in [6, 6.07) is 7.14. The summed E-state index contributed by atoms with van der Waals surface area (Å²) in [7, 11) is 0. The van der Waals surface area contributed by atoms with E-state index < -0.39 is 5.41 Å². The summed E-state index contributed by atoms with van der Waals surface area (Å²) in [6.45, 7) is 13.0. The van der Waals surface area contributed by atoms with Crippen LogP contribution in [-0.2, 0) is 5.41 Å². The molecule has 6 nitrogen and oxygen atoms in total. The van der Waals surface area contributed by atoms with Crippen LogP contribution in [0.5, 0.6) is 34.5 Å². The molecule has 0 amide bonds. The van der Waals surface area contributed by atoms with Crippen molar-refractivity contribution in [1.29, 1.82) is 0 Å². The van der Waals surface area contributed by atoms with Crippen molar-refractivity contribution < 1.29 is 29.2 Å². The van der Waals surface area contributed by atoms with Crippen LogP contribution < -0.4 is 18.9 Å². The third-order valence-electron chi connectivity index (χ3n) is 4.71. The van der Waals surface area contributed by atoms with Crippen molar-refractivity contribution in [3.8, 4) is 34.5 Å². The van der Waals surface area contributed by atoms with Crippen LogP contribution >= 0.6 is 0 Å². The molecule has 2 rings (SSSR count). The molecule has 0 bridgehead atoms. The highest BCUT2D eigenvalue weighted by atomic mass is 16.5. The summed E-state index contributed by atoms with van der Waals surface area (Å²) in [6.07, 6.45) is 0. The number of rotatable bonds is 10. The normalized spacial score (nSPS) is 11.2. The maximum Gasteiger partial charge on any atom is 0.203 e. The Balaban J connectivity index is 2.63. The molecule has 2 aromatic carbocycles. The summed E-state index contributed by atoms with van der Waals surface area (Å²) in [5, 5.41) is 22.0. The van der Waals surface area contributed by atoms with Gasteiger partial charge in [0, 0.05) is 16.5 Å². The molecule has 0 aliphatic carbocycles. The zero-order chi connectivity index (χ0) is 21.6. The first-order valence-corrected chi connectivity index (χ1v) is 10.1. The molecule has 2 aromatic rings. The molecule has 29 heavy (non-hydrogen) atoms. The Kier molecular flexibility index (Phi) is 7.48. The second kappa shape index (κ2) is 9.63. The van der Waals surface area contributed by atoms with Crippen LogP contribution in [0.3, 0.4) is 0 Å². The van der Waals surface area contributed by atoms with Crippen LogP contribution in [0.4, 0.5) is 0 Å². The Morgan fingerprint density at radius 1 is 0.621 bits per heavy atom. The number of ether oxygens (including phenoxy) is 4. The van der Waals surface area contributed by atoms with Gasteiger partial charge in [-0.2, -0.15) is 0 Å². The summed E-state index contributed by atoms with van der Waals surface area (Å²) in [4.78, 5) is 0. The molecule has 0 aliphatic heterocycles. The molecule has 0 unspecified atom stereocenters. The highest BCUT2D eigenvalue weighted by Gasteiger charge is 2.33. The fourth-order valence-corrected chi connectivity index (χ4v) is 3.37. The van der Waals surface area contributed by atoms with E-state index in [1.807, 2.05) is 41.5 Å². The van der Waals surface area contributed by atoms with Crippen LogP contribution in [0.15, 0.2) is 24.3 Å². The lowest BCUT2D eigenvalue weighted by molar-refractivity contribution is 0.270. The molecule has 0 saturated heterocycles. The average molecular weight is 405 g/mol. The molecule has 0 saturated carbocycles. The smallest absolute Gasteiger partial charge is 0.203 e. The molecule has 0 heterocycles. The average Bonchev–Trinajstić information content (AvgIpc) is 2.67. The minimum Gasteiger partial charge on any atom is -0.504 e. The predicted octanol–water partition coefficient (Wildman–Crippen LogP) is 5.02. The summed E-state index contributed by atoms with van der Waals surface area (Å²) in [5.41, 5.74) is 0.457. The van der Waals surface area contributed by atoms with E-state index in [1.165, 1.54) is 0 Å². The Bertz CT molecular complexity index is 761. The number of phenols is 2. The van der Waals surface area contributed by atoms with E-state index in [-0.39, 0.29) is 11.5 Å². The Morgan fingerprint density at radius 3 is 1.28 bits per heavy atom. The van der Waals surface area contributed by atoms with Crippen LogP contribution in [-0.4, -0.2) is 36.6 Å². The molecule has 160 valence electrons.